The molecule has 2 heterocycles. The molecule has 9 nitrogen and oxygen atoms in total. The van der Waals surface area contributed by atoms with Gasteiger partial charge in [-0.15, -0.1) is 4.34 Å². The molecule has 0 aliphatic rings. The first-order chi connectivity index (χ1) is 7.00. The summed E-state index contributed by atoms with van der Waals surface area (Å²) in [5.74, 6) is 0. The van der Waals surface area contributed by atoms with Gasteiger partial charge in [-0.25, -0.2) is 18.7 Å². The van der Waals surface area contributed by atoms with Crippen LogP contribution in [0.15, 0.2) is 14.4 Å². The van der Waals surface area contributed by atoms with E-state index in [4.69, 9.17) is 0 Å². The Morgan fingerprint density at radius 2 is 1.67 bits per heavy atom. The van der Waals surface area contributed by atoms with Crippen LogP contribution in [0, 0.1) is 0 Å². The molecule has 78 valence electrons. The van der Waals surface area contributed by atoms with Gasteiger partial charge in [-0.05, 0) is 0 Å². The number of hydrogen-bond acceptors (Lipinski definition) is 5. The van der Waals surface area contributed by atoms with Crippen LogP contribution >= 0.6 is 7.83 Å². The fourth-order valence-electron chi connectivity index (χ4n) is 1.14. The van der Waals surface area contributed by atoms with E-state index in [9.17, 15) is 23.5 Å². The van der Waals surface area contributed by atoms with Crippen LogP contribution in [-0.2, 0) is 9.13 Å². The van der Waals surface area contributed by atoms with Crippen molar-refractivity contribution in [2.75, 3.05) is 0 Å². The summed E-state index contributed by atoms with van der Waals surface area (Å²) in [7, 11) is -3.38. The highest BCUT2D eigenvalue weighted by molar-refractivity contribution is 7.28. The van der Waals surface area contributed by atoms with E-state index >= 15 is 0 Å². The Kier molecular flexibility index (Phi) is 1.83. The second-order valence-corrected chi connectivity index (χ2v) is 3.49. The predicted octanol–water partition coefficient (Wildman–Crippen LogP) is -1.36. The van der Waals surface area contributed by atoms with Crippen LogP contribution in [0.25, 0.3) is 11.2 Å². The Balaban J connectivity index is 3.16. The van der Waals surface area contributed by atoms with E-state index in [0.717, 1.165) is 0 Å². The molecule has 0 bridgehead atoms. The van der Waals surface area contributed by atoms with Crippen molar-refractivity contribution < 1.29 is 9.13 Å². The molecule has 2 aromatic heterocycles. The minimum Gasteiger partial charge on any atom is -0.300 e. The van der Waals surface area contributed by atoms with E-state index in [1.54, 1.807) is 0 Å². The van der Waals surface area contributed by atoms with Crippen molar-refractivity contribution >= 4 is 19.0 Å². The van der Waals surface area contributed by atoms with Gasteiger partial charge in [0.15, 0.2) is 5.52 Å². The van der Waals surface area contributed by atoms with E-state index in [1.807, 2.05) is 4.98 Å². The maximum Gasteiger partial charge on any atom is 0.438 e. The molecular formula is C5H3N4O5P. The van der Waals surface area contributed by atoms with Gasteiger partial charge < -0.3 is 0 Å². The third-order valence-corrected chi connectivity index (χ3v) is 2.41. The molecule has 2 rings (SSSR count). The number of nitrogens with one attached hydrogen (secondary N) is 3. The number of hydrogen-bond donors (Lipinski definition) is 3. The summed E-state index contributed by atoms with van der Waals surface area (Å²) in [6, 6.07) is 0. The lowest BCUT2D eigenvalue weighted by atomic mass is 10.5. The van der Waals surface area contributed by atoms with Crippen molar-refractivity contribution in [3.8, 4) is 0 Å². The molecule has 0 radical (unpaired) electrons. The molecule has 0 aliphatic carbocycles. The first kappa shape index (κ1) is 9.41. The lowest BCUT2D eigenvalue weighted by Crippen LogP contribution is -2.29. The predicted molar refractivity (Wildman–Crippen MR) is 47.5 cm³/mol. The zero-order valence-corrected chi connectivity index (χ0v) is 7.83. The summed E-state index contributed by atoms with van der Waals surface area (Å²) >= 11 is 0. The van der Waals surface area contributed by atoms with Crippen molar-refractivity contribution in [3.63, 3.8) is 0 Å². The molecule has 3 N–H and O–H groups in total. The van der Waals surface area contributed by atoms with Gasteiger partial charge in [0, 0.05) is 0 Å². The van der Waals surface area contributed by atoms with Crippen molar-refractivity contribution in [1.82, 2.24) is 19.3 Å². The number of H-pyrrole nitrogens is 3. The summed E-state index contributed by atoms with van der Waals surface area (Å²) in [6.07, 6.45) is 0. The first-order valence-electron chi connectivity index (χ1n) is 3.62. The van der Waals surface area contributed by atoms with Crippen molar-refractivity contribution in [2.24, 2.45) is 0 Å². The van der Waals surface area contributed by atoms with Crippen molar-refractivity contribution in [3.05, 3.63) is 31.3 Å². The zero-order valence-electron chi connectivity index (χ0n) is 6.94. The lowest BCUT2D eigenvalue weighted by Gasteiger charge is -1.91. The number of fused-ring (bicyclic) bond motifs is 1. The van der Waals surface area contributed by atoms with Crippen LogP contribution in [0.2, 0.25) is 0 Å². The van der Waals surface area contributed by atoms with Crippen LogP contribution in [0.4, 0.5) is 0 Å². The largest absolute Gasteiger partial charge is 0.438 e. The SMILES string of the molecule is O=c1[nH]c2[nH]c(=O)n(P(=O)=O)c(=O)c2[nH]1. The van der Waals surface area contributed by atoms with Gasteiger partial charge in [0.05, 0.1) is 0 Å². The van der Waals surface area contributed by atoms with Gasteiger partial charge >= 0.3 is 19.2 Å². The molecule has 0 spiro atoms. The van der Waals surface area contributed by atoms with Crippen LogP contribution in [0.1, 0.15) is 0 Å². The maximum absolute atomic E-state index is 11.4. The van der Waals surface area contributed by atoms with Crippen LogP contribution in [-0.4, -0.2) is 19.3 Å². The number of rotatable bonds is 1. The minimum absolute atomic E-state index is 0.00144. The average molecular weight is 230 g/mol. The second kappa shape index (κ2) is 2.92. The molecule has 10 heteroatoms. The molecule has 0 fully saturated rings. The molecule has 0 aromatic carbocycles. The molecular weight excluding hydrogens is 227 g/mol. The molecule has 0 unspecified atom stereocenters. The third-order valence-electron chi connectivity index (χ3n) is 1.72. The van der Waals surface area contributed by atoms with Crippen LogP contribution < -0.4 is 16.9 Å². The van der Waals surface area contributed by atoms with E-state index in [1.165, 1.54) is 0 Å². The second-order valence-electron chi connectivity index (χ2n) is 2.61. The highest BCUT2D eigenvalue weighted by atomic mass is 31.1. The zero-order chi connectivity index (χ0) is 11.2. The van der Waals surface area contributed by atoms with Gasteiger partial charge in [0.2, 0.25) is 0 Å². The Labute approximate surface area is 79.6 Å². The Morgan fingerprint density at radius 1 is 1.00 bits per heavy atom. The molecule has 0 amide bonds. The molecule has 0 aliphatic heterocycles. The fourth-order valence-corrected chi connectivity index (χ4v) is 1.59. The van der Waals surface area contributed by atoms with Gasteiger partial charge in [-0.2, -0.15) is 0 Å². The molecule has 15 heavy (non-hydrogen) atoms. The number of nitrogens with zero attached hydrogens (tertiary/aromatic N) is 1. The van der Waals surface area contributed by atoms with E-state index in [0.29, 0.717) is 0 Å². The lowest BCUT2D eigenvalue weighted by molar-refractivity contribution is 0.505. The Morgan fingerprint density at radius 3 is 2.27 bits per heavy atom. The normalized spacial score (nSPS) is 10.7. The first-order valence-corrected chi connectivity index (χ1v) is 4.76. The van der Waals surface area contributed by atoms with Gasteiger partial charge in [0.1, 0.15) is 5.65 Å². The maximum atomic E-state index is 11.4. The summed E-state index contributed by atoms with van der Waals surface area (Å²) in [6.45, 7) is 0. The standard InChI is InChI=1S/C5H3N4O5P/c10-3-1-2(7-4(11)6-1)8-5(12)9(3)15(13)14/h(H,8,12)(H2,6,7,11). The smallest absolute Gasteiger partial charge is 0.300 e. The Bertz CT molecular complexity index is 763. The molecule has 2 aromatic rings. The van der Waals surface area contributed by atoms with Gasteiger partial charge in [-0.1, -0.05) is 0 Å². The number of aromatic amines is 3. The van der Waals surface area contributed by atoms with E-state index < -0.39 is 24.8 Å². The summed E-state index contributed by atoms with van der Waals surface area (Å²) in [5, 5.41) is 0. The number of aromatic nitrogens is 4. The van der Waals surface area contributed by atoms with Crippen molar-refractivity contribution in [1.29, 1.82) is 0 Å². The minimum atomic E-state index is -3.38. The summed E-state index contributed by atoms with van der Waals surface area (Å²) in [4.78, 5) is 39.5. The van der Waals surface area contributed by atoms with Crippen LogP contribution in [0.5, 0.6) is 0 Å². The molecule has 0 saturated heterocycles. The summed E-state index contributed by atoms with van der Waals surface area (Å²) < 4.78 is 21.1. The van der Waals surface area contributed by atoms with E-state index in [-0.39, 0.29) is 15.5 Å². The topological polar surface area (TPSA) is 138 Å². The van der Waals surface area contributed by atoms with Gasteiger partial charge in [-0.3, -0.25) is 19.7 Å². The summed E-state index contributed by atoms with van der Waals surface area (Å²) in [5.41, 5.74) is -3.36. The molecule has 0 atom stereocenters. The number of imidazole rings is 1. The highest BCUT2D eigenvalue weighted by Crippen LogP contribution is 2.01. The Hall–Kier alpha value is -2.15. The van der Waals surface area contributed by atoms with Gasteiger partial charge in [0.25, 0.3) is 5.56 Å². The molecule has 0 saturated carbocycles. The monoisotopic (exact) mass is 230 g/mol. The third kappa shape index (κ3) is 1.29. The van der Waals surface area contributed by atoms with Crippen LogP contribution in [0.3, 0.4) is 0 Å². The highest BCUT2D eigenvalue weighted by Gasteiger charge is 2.12. The quantitative estimate of drug-likeness (QED) is 0.519. The van der Waals surface area contributed by atoms with E-state index in [2.05, 4.69) is 9.97 Å². The fraction of sp³-hybridized carbons (Fsp3) is 0. The average Bonchev–Trinajstić information content (AvgIpc) is 2.45. The van der Waals surface area contributed by atoms with Crippen molar-refractivity contribution in [2.45, 2.75) is 0 Å².